The summed E-state index contributed by atoms with van der Waals surface area (Å²) in [6, 6.07) is 4.95. The van der Waals surface area contributed by atoms with Crippen molar-refractivity contribution in [3.05, 3.63) is 49.1 Å². The van der Waals surface area contributed by atoms with Gasteiger partial charge >= 0.3 is 0 Å². The Bertz CT molecular complexity index is 807. The number of carbonyl (C=O) groups is 1. The van der Waals surface area contributed by atoms with Crippen LogP contribution in [0.25, 0.3) is 0 Å². The van der Waals surface area contributed by atoms with Gasteiger partial charge in [-0.05, 0) is 56.4 Å². The van der Waals surface area contributed by atoms with Crippen molar-refractivity contribution in [1.82, 2.24) is 5.43 Å². The van der Waals surface area contributed by atoms with E-state index < -0.39 is 0 Å². The molecule has 4 nitrogen and oxygen atoms in total. The number of benzene rings is 1. The second-order valence-corrected chi connectivity index (χ2v) is 7.67. The van der Waals surface area contributed by atoms with E-state index in [2.05, 4.69) is 10.5 Å². The van der Waals surface area contributed by atoms with Crippen LogP contribution in [0.15, 0.2) is 23.3 Å². The average molecular weight is 383 g/mol. The maximum atomic E-state index is 12.3. The van der Waals surface area contributed by atoms with Gasteiger partial charge in [0.2, 0.25) is 0 Å². The van der Waals surface area contributed by atoms with Crippen molar-refractivity contribution in [1.29, 1.82) is 0 Å². The zero-order valence-corrected chi connectivity index (χ0v) is 15.4. The van der Waals surface area contributed by atoms with E-state index in [1.54, 1.807) is 13.0 Å². The number of aromatic hydroxyl groups is 1. The van der Waals surface area contributed by atoms with Gasteiger partial charge in [0.25, 0.3) is 5.91 Å². The molecule has 1 aliphatic rings. The van der Waals surface area contributed by atoms with Crippen LogP contribution >= 0.6 is 34.5 Å². The lowest BCUT2D eigenvalue weighted by molar-refractivity contribution is 0.0959. The van der Waals surface area contributed by atoms with Crippen LogP contribution in [-0.4, -0.2) is 16.7 Å². The first-order valence-electron chi connectivity index (χ1n) is 7.60. The summed E-state index contributed by atoms with van der Waals surface area (Å²) < 4.78 is 0. The number of nitrogens with zero attached hydrogens (tertiary/aromatic N) is 1. The van der Waals surface area contributed by atoms with Crippen LogP contribution in [0.3, 0.4) is 0 Å². The topological polar surface area (TPSA) is 61.7 Å². The summed E-state index contributed by atoms with van der Waals surface area (Å²) >= 11 is 13.4. The van der Waals surface area contributed by atoms with Gasteiger partial charge in [0.1, 0.15) is 5.75 Å². The number of rotatable bonds is 3. The Hall–Kier alpha value is -1.56. The van der Waals surface area contributed by atoms with Gasteiger partial charge in [-0.3, -0.25) is 4.79 Å². The molecule has 0 bridgehead atoms. The quantitative estimate of drug-likeness (QED) is 0.591. The summed E-state index contributed by atoms with van der Waals surface area (Å²) in [6.45, 7) is 1.67. The number of hydrogen-bond donors (Lipinski definition) is 2. The molecule has 0 fully saturated rings. The first kappa shape index (κ1) is 17.3. The van der Waals surface area contributed by atoms with Crippen molar-refractivity contribution >= 4 is 46.2 Å². The minimum Gasteiger partial charge on any atom is -0.506 e. The fourth-order valence-electron chi connectivity index (χ4n) is 2.69. The molecule has 1 amide bonds. The van der Waals surface area contributed by atoms with E-state index in [-0.39, 0.29) is 16.7 Å². The van der Waals surface area contributed by atoms with E-state index in [4.69, 9.17) is 23.2 Å². The number of fused-ring (bicyclic) bond motifs is 1. The summed E-state index contributed by atoms with van der Waals surface area (Å²) in [5.41, 5.74) is 4.62. The summed E-state index contributed by atoms with van der Waals surface area (Å²) in [5, 5.41) is 14.6. The van der Waals surface area contributed by atoms with Crippen molar-refractivity contribution < 1.29 is 9.90 Å². The zero-order chi connectivity index (χ0) is 17.3. The summed E-state index contributed by atoms with van der Waals surface area (Å²) in [4.78, 5) is 14.3. The number of phenols is 1. The Morgan fingerprint density at radius 2 is 2.00 bits per heavy atom. The first-order valence-corrected chi connectivity index (χ1v) is 9.17. The molecule has 2 N–H and O–H groups in total. The molecule has 0 saturated carbocycles. The lowest BCUT2D eigenvalue weighted by Gasteiger charge is -2.08. The van der Waals surface area contributed by atoms with Gasteiger partial charge in [-0.25, -0.2) is 5.43 Å². The molecule has 1 heterocycles. The van der Waals surface area contributed by atoms with Crippen LogP contribution < -0.4 is 5.43 Å². The fraction of sp³-hybridized carbons (Fsp3) is 0.294. The van der Waals surface area contributed by atoms with Crippen LogP contribution in [0.4, 0.5) is 0 Å². The molecule has 1 aromatic heterocycles. The van der Waals surface area contributed by atoms with Gasteiger partial charge in [0.05, 0.1) is 15.6 Å². The molecule has 24 heavy (non-hydrogen) atoms. The van der Waals surface area contributed by atoms with Gasteiger partial charge < -0.3 is 5.11 Å². The van der Waals surface area contributed by atoms with Gasteiger partial charge in [-0.1, -0.05) is 23.2 Å². The summed E-state index contributed by atoms with van der Waals surface area (Å²) in [6.07, 6.45) is 4.44. The van der Waals surface area contributed by atoms with E-state index in [9.17, 15) is 9.90 Å². The minimum absolute atomic E-state index is 0.108. The monoisotopic (exact) mass is 382 g/mol. The van der Waals surface area contributed by atoms with E-state index in [1.807, 2.05) is 6.07 Å². The minimum atomic E-state index is -0.249. The van der Waals surface area contributed by atoms with E-state index in [0.717, 1.165) is 12.8 Å². The third-order valence-electron chi connectivity index (χ3n) is 3.96. The Morgan fingerprint density at radius 3 is 2.75 bits per heavy atom. The highest BCUT2D eigenvalue weighted by Gasteiger charge is 2.17. The number of aryl methyl sites for hydroxylation is 2. The zero-order valence-electron chi connectivity index (χ0n) is 13.0. The molecule has 0 aliphatic heterocycles. The molecule has 0 spiro atoms. The highest BCUT2D eigenvalue weighted by Crippen LogP contribution is 2.32. The first-order chi connectivity index (χ1) is 11.5. The fourth-order valence-corrected chi connectivity index (χ4v) is 4.33. The number of nitrogens with one attached hydrogen (secondary N) is 1. The van der Waals surface area contributed by atoms with Crippen molar-refractivity contribution in [3.8, 4) is 5.75 Å². The molecule has 0 unspecified atom stereocenters. The van der Waals surface area contributed by atoms with E-state index >= 15 is 0 Å². The summed E-state index contributed by atoms with van der Waals surface area (Å²) in [5.74, 6) is -0.357. The van der Waals surface area contributed by atoms with Gasteiger partial charge in [0.15, 0.2) is 0 Å². The summed E-state index contributed by atoms with van der Waals surface area (Å²) in [7, 11) is 0. The number of amides is 1. The maximum Gasteiger partial charge on any atom is 0.281 e. The molecule has 2 aromatic rings. The lowest BCUT2D eigenvalue weighted by atomic mass is 9.99. The van der Waals surface area contributed by atoms with Gasteiger partial charge in [-0.15, -0.1) is 11.3 Å². The van der Waals surface area contributed by atoms with Crippen LogP contribution in [0.1, 0.15) is 45.4 Å². The Labute approximate surface area is 154 Å². The smallest absolute Gasteiger partial charge is 0.281 e. The number of halogens is 2. The third kappa shape index (κ3) is 3.58. The number of carbonyl (C=O) groups excluding carboxylic acids is 1. The molecule has 126 valence electrons. The van der Waals surface area contributed by atoms with Crippen molar-refractivity contribution in [3.63, 3.8) is 0 Å². The lowest BCUT2D eigenvalue weighted by Crippen LogP contribution is -2.18. The number of thiophene rings is 1. The highest BCUT2D eigenvalue weighted by atomic mass is 35.5. The molecule has 0 atom stereocenters. The molecular formula is C17H16Cl2N2O2S. The normalized spacial score (nSPS) is 14.4. The Morgan fingerprint density at radius 1 is 1.25 bits per heavy atom. The van der Waals surface area contributed by atoms with E-state index in [1.165, 1.54) is 40.7 Å². The molecular weight excluding hydrogens is 367 g/mol. The van der Waals surface area contributed by atoms with Gasteiger partial charge in [0, 0.05) is 15.5 Å². The number of hydrogen-bond acceptors (Lipinski definition) is 4. The predicted octanol–water partition coefficient (Wildman–Crippen LogP) is 4.79. The Balaban J connectivity index is 1.77. The number of hydrazone groups is 1. The largest absolute Gasteiger partial charge is 0.506 e. The highest BCUT2D eigenvalue weighted by molar-refractivity contribution is 7.14. The average Bonchev–Trinajstić information content (AvgIpc) is 2.99. The molecule has 1 aromatic carbocycles. The predicted molar refractivity (Wildman–Crippen MR) is 98.8 cm³/mol. The molecule has 3 rings (SSSR count). The van der Waals surface area contributed by atoms with Crippen molar-refractivity contribution in [2.75, 3.05) is 0 Å². The van der Waals surface area contributed by atoms with Crippen LogP contribution in [0.2, 0.25) is 10.0 Å². The van der Waals surface area contributed by atoms with Crippen LogP contribution in [-0.2, 0) is 12.8 Å². The molecule has 0 radical (unpaired) electrons. The molecule has 0 saturated heterocycles. The van der Waals surface area contributed by atoms with Gasteiger partial charge in [-0.2, -0.15) is 5.10 Å². The Kier molecular flexibility index (Phi) is 5.13. The number of phenolic OH excluding ortho intramolecular Hbond substituents is 1. The molecule has 7 heteroatoms. The van der Waals surface area contributed by atoms with Crippen LogP contribution in [0.5, 0.6) is 5.75 Å². The third-order valence-corrected chi connectivity index (χ3v) is 5.71. The van der Waals surface area contributed by atoms with Crippen molar-refractivity contribution in [2.24, 2.45) is 5.10 Å². The van der Waals surface area contributed by atoms with Crippen molar-refractivity contribution in [2.45, 2.75) is 32.6 Å². The molecule has 1 aliphatic carbocycles. The maximum absolute atomic E-state index is 12.3. The second kappa shape index (κ2) is 7.13. The second-order valence-electron chi connectivity index (χ2n) is 5.69. The van der Waals surface area contributed by atoms with Crippen LogP contribution in [0, 0.1) is 0 Å². The standard InChI is InChI=1S/C17H16Cl2N2O2S/c1-9(12-7-11(18)8-13(19)16(12)22)20-21-17(23)15-6-10-4-2-3-5-14(10)24-15/h6-8,22H,2-5H2,1H3,(H,21,23). The van der Waals surface area contributed by atoms with E-state index in [0.29, 0.717) is 21.2 Å². The SMILES string of the molecule is CC(=NNC(=O)c1cc2c(s1)CCCC2)c1cc(Cl)cc(Cl)c1O.